The first-order chi connectivity index (χ1) is 13.7. The smallest absolute Gasteiger partial charge is 0.229 e. The van der Waals surface area contributed by atoms with Gasteiger partial charge in [-0.15, -0.1) is 0 Å². The van der Waals surface area contributed by atoms with Crippen molar-refractivity contribution in [3.8, 4) is 0 Å². The van der Waals surface area contributed by atoms with E-state index in [0.717, 1.165) is 33.1 Å². The predicted molar refractivity (Wildman–Crippen MR) is 114 cm³/mol. The van der Waals surface area contributed by atoms with Gasteiger partial charge in [-0.05, 0) is 53.4 Å². The van der Waals surface area contributed by atoms with Crippen LogP contribution in [0.3, 0.4) is 0 Å². The van der Waals surface area contributed by atoms with Gasteiger partial charge in [0.05, 0.1) is 11.4 Å². The van der Waals surface area contributed by atoms with Crippen LogP contribution in [0.15, 0.2) is 60.9 Å². The maximum atomic E-state index is 6.16. The third-order valence-corrected chi connectivity index (χ3v) is 4.85. The lowest BCUT2D eigenvalue weighted by molar-refractivity contribution is 1.05. The highest BCUT2D eigenvalue weighted by Gasteiger charge is 2.11. The van der Waals surface area contributed by atoms with Gasteiger partial charge < -0.3 is 26.8 Å². The summed E-state index contributed by atoms with van der Waals surface area (Å²) in [6, 6.07) is 16.3. The molecule has 7 nitrogen and oxygen atoms in total. The molecule has 0 spiro atoms. The van der Waals surface area contributed by atoms with Crippen molar-refractivity contribution in [1.82, 2.24) is 19.9 Å². The Bertz CT molecular complexity index is 1300. The molecule has 138 valence electrons. The summed E-state index contributed by atoms with van der Waals surface area (Å²) >= 11 is 0. The van der Waals surface area contributed by atoms with E-state index in [-0.39, 0.29) is 5.82 Å². The van der Waals surface area contributed by atoms with Gasteiger partial charge in [-0.1, -0.05) is 6.07 Å². The van der Waals surface area contributed by atoms with E-state index < -0.39 is 0 Å². The summed E-state index contributed by atoms with van der Waals surface area (Å²) < 4.78 is 0. The molecule has 0 amide bonds. The first-order valence-electron chi connectivity index (χ1n) is 8.98. The van der Waals surface area contributed by atoms with Crippen molar-refractivity contribution in [3.05, 3.63) is 72.2 Å². The number of nitrogens with two attached hydrogens (primary N) is 2. The Morgan fingerprint density at radius 1 is 0.821 bits per heavy atom. The van der Waals surface area contributed by atoms with Crippen LogP contribution in [-0.4, -0.2) is 19.9 Å². The molecule has 0 aliphatic carbocycles. The van der Waals surface area contributed by atoms with Crippen LogP contribution in [-0.2, 0) is 6.42 Å². The minimum absolute atomic E-state index is 0.276. The number of rotatable bonds is 4. The second-order valence-corrected chi connectivity index (χ2v) is 6.77. The molecule has 0 atom stereocenters. The standard InChI is InChI=1S/C21H19N7/c22-19-18(10-12-1-3-16-13(9-12)5-7-24-16)27-21(28-20(19)23)26-15-2-4-17-14(11-15)6-8-25-17/h1-9,11,24-25H,10,22H2,(H3,23,26,27,28). The summed E-state index contributed by atoms with van der Waals surface area (Å²) in [5, 5.41) is 5.48. The molecule has 28 heavy (non-hydrogen) atoms. The van der Waals surface area contributed by atoms with E-state index in [1.807, 2.05) is 42.7 Å². The van der Waals surface area contributed by atoms with Crippen molar-refractivity contribution in [2.75, 3.05) is 16.8 Å². The van der Waals surface area contributed by atoms with Gasteiger partial charge in [0.1, 0.15) is 0 Å². The predicted octanol–water partition coefficient (Wildman–Crippen LogP) is 3.94. The van der Waals surface area contributed by atoms with Gasteiger partial charge in [-0.2, -0.15) is 4.98 Å². The molecule has 7 heteroatoms. The van der Waals surface area contributed by atoms with Gasteiger partial charge in [0.15, 0.2) is 5.82 Å². The number of aromatic nitrogens is 4. The highest BCUT2D eigenvalue weighted by molar-refractivity contribution is 5.84. The fraction of sp³-hybridized carbons (Fsp3) is 0.0476. The van der Waals surface area contributed by atoms with Crippen molar-refractivity contribution >= 4 is 44.9 Å². The van der Waals surface area contributed by atoms with E-state index in [9.17, 15) is 0 Å². The summed E-state index contributed by atoms with van der Waals surface area (Å²) in [5.74, 6) is 0.706. The Balaban J connectivity index is 1.47. The molecule has 0 radical (unpaired) electrons. The molecule has 3 aromatic heterocycles. The maximum Gasteiger partial charge on any atom is 0.229 e. The normalized spacial score (nSPS) is 11.3. The highest BCUT2D eigenvalue weighted by atomic mass is 15.1. The third kappa shape index (κ3) is 2.88. The zero-order valence-electron chi connectivity index (χ0n) is 15.0. The number of nitrogen functional groups attached to an aromatic ring is 2. The summed E-state index contributed by atoms with van der Waals surface area (Å²) in [6.07, 6.45) is 4.41. The fourth-order valence-electron chi connectivity index (χ4n) is 3.39. The van der Waals surface area contributed by atoms with E-state index >= 15 is 0 Å². The largest absolute Gasteiger partial charge is 0.394 e. The lowest BCUT2D eigenvalue weighted by Crippen LogP contribution is -2.09. The second kappa shape index (κ2) is 6.31. The Morgan fingerprint density at radius 3 is 2.32 bits per heavy atom. The van der Waals surface area contributed by atoms with Crippen molar-refractivity contribution in [2.24, 2.45) is 0 Å². The van der Waals surface area contributed by atoms with Crippen LogP contribution in [0.25, 0.3) is 21.8 Å². The number of anilines is 4. The second-order valence-electron chi connectivity index (χ2n) is 6.77. The van der Waals surface area contributed by atoms with Gasteiger partial charge in [0.2, 0.25) is 5.95 Å². The molecule has 0 unspecified atom stereocenters. The Morgan fingerprint density at radius 2 is 1.54 bits per heavy atom. The van der Waals surface area contributed by atoms with E-state index in [1.165, 1.54) is 0 Å². The van der Waals surface area contributed by atoms with Crippen LogP contribution in [0.1, 0.15) is 11.3 Å². The summed E-state index contributed by atoms with van der Waals surface area (Å²) in [7, 11) is 0. The van der Waals surface area contributed by atoms with Gasteiger partial charge in [-0.25, -0.2) is 4.98 Å². The molecule has 7 N–H and O–H groups in total. The first-order valence-corrected chi connectivity index (χ1v) is 8.98. The summed E-state index contributed by atoms with van der Waals surface area (Å²) in [6.45, 7) is 0. The molecule has 0 aliphatic heterocycles. The van der Waals surface area contributed by atoms with Crippen LogP contribution >= 0.6 is 0 Å². The number of aromatic amines is 2. The lowest BCUT2D eigenvalue weighted by atomic mass is 10.1. The van der Waals surface area contributed by atoms with E-state index in [2.05, 4.69) is 43.5 Å². The number of nitrogens with one attached hydrogen (secondary N) is 3. The average Bonchev–Trinajstić information content (AvgIpc) is 3.34. The van der Waals surface area contributed by atoms with Gasteiger partial charge >= 0.3 is 0 Å². The summed E-state index contributed by atoms with van der Waals surface area (Å²) in [5.41, 5.74) is 17.5. The monoisotopic (exact) mass is 369 g/mol. The number of H-pyrrole nitrogens is 2. The number of hydrogen-bond acceptors (Lipinski definition) is 5. The van der Waals surface area contributed by atoms with Gasteiger partial charge in [0.25, 0.3) is 0 Å². The van der Waals surface area contributed by atoms with Gasteiger partial charge in [0, 0.05) is 40.9 Å². The molecule has 5 rings (SSSR count). The highest BCUT2D eigenvalue weighted by Crippen LogP contribution is 2.25. The molecule has 5 aromatic rings. The maximum absolute atomic E-state index is 6.16. The molecular weight excluding hydrogens is 350 g/mol. The number of nitrogens with zero attached hydrogens (tertiary/aromatic N) is 2. The topological polar surface area (TPSA) is 121 Å². The molecular formula is C21H19N7. The fourth-order valence-corrected chi connectivity index (χ4v) is 3.39. The Labute approximate surface area is 160 Å². The van der Waals surface area contributed by atoms with E-state index in [0.29, 0.717) is 23.8 Å². The van der Waals surface area contributed by atoms with Crippen molar-refractivity contribution in [3.63, 3.8) is 0 Å². The lowest BCUT2D eigenvalue weighted by Gasteiger charge is -2.11. The molecule has 0 fully saturated rings. The van der Waals surface area contributed by atoms with Crippen molar-refractivity contribution in [2.45, 2.75) is 6.42 Å². The molecule has 0 aliphatic rings. The minimum atomic E-state index is 0.276. The molecule has 0 saturated carbocycles. The van der Waals surface area contributed by atoms with Crippen LogP contribution in [0.5, 0.6) is 0 Å². The molecule has 0 saturated heterocycles. The Hall–Kier alpha value is -4.00. The van der Waals surface area contributed by atoms with Crippen molar-refractivity contribution < 1.29 is 0 Å². The van der Waals surface area contributed by atoms with Crippen LogP contribution in [0, 0.1) is 0 Å². The third-order valence-electron chi connectivity index (χ3n) is 4.85. The molecule has 2 aromatic carbocycles. The Kier molecular flexibility index (Phi) is 3.65. The number of fused-ring (bicyclic) bond motifs is 2. The summed E-state index contributed by atoms with van der Waals surface area (Å²) in [4.78, 5) is 15.3. The molecule has 0 bridgehead atoms. The molecule has 3 heterocycles. The minimum Gasteiger partial charge on any atom is -0.394 e. The van der Waals surface area contributed by atoms with Crippen LogP contribution < -0.4 is 16.8 Å². The van der Waals surface area contributed by atoms with Crippen molar-refractivity contribution in [1.29, 1.82) is 0 Å². The number of hydrogen-bond donors (Lipinski definition) is 5. The zero-order chi connectivity index (χ0) is 19.1. The quantitative estimate of drug-likeness (QED) is 0.328. The number of benzene rings is 2. The van der Waals surface area contributed by atoms with Gasteiger partial charge in [-0.3, -0.25) is 0 Å². The van der Waals surface area contributed by atoms with Crippen LogP contribution in [0.2, 0.25) is 0 Å². The average molecular weight is 369 g/mol. The van der Waals surface area contributed by atoms with E-state index in [1.54, 1.807) is 0 Å². The first kappa shape index (κ1) is 16.2. The SMILES string of the molecule is Nc1nc(Nc2ccc3[nH]ccc3c2)nc(Cc2ccc3[nH]ccc3c2)c1N. The van der Waals surface area contributed by atoms with E-state index in [4.69, 9.17) is 11.5 Å². The van der Waals surface area contributed by atoms with Crippen LogP contribution in [0.4, 0.5) is 23.1 Å². The zero-order valence-corrected chi connectivity index (χ0v) is 15.0.